The van der Waals surface area contributed by atoms with Crippen molar-refractivity contribution in [3.63, 3.8) is 0 Å². The van der Waals surface area contributed by atoms with Crippen LogP contribution in [0.2, 0.25) is 0 Å². The number of benzene rings is 3. The number of pyridine rings is 1. The van der Waals surface area contributed by atoms with Gasteiger partial charge < -0.3 is 0 Å². The quantitative estimate of drug-likeness (QED) is 0.323. The zero-order chi connectivity index (χ0) is 16.6. The summed E-state index contributed by atoms with van der Waals surface area (Å²) in [5, 5.41) is 3.66. The van der Waals surface area contributed by atoms with E-state index in [-0.39, 0.29) is 0 Å². The third-order valence-electron chi connectivity index (χ3n) is 4.54. The molecule has 0 radical (unpaired) electrons. The molecule has 0 unspecified atom stereocenters. The highest BCUT2D eigenvalue weighted by Gasteiger charge is 2.11. The fraction of sp³-hybridized carbons (Fsp3) is 0. The standard InChI is InChI=1S/C23H15NS/c1-2-6-16(7-3-1)20-13-14-21(25-20)19-10-4-8-17-11-12-18-9-5-15-24-23(18)22(17)19/h1-15H. The summed E-state index contributed by atoms with van der Waals surface area (Å²) in [4.78, 5) is 7.24. The topological polar surface area (TPSA) is 12.9 Å². The van der Waals surface area contributed by atoms with Crippen molar-refractivity contribution in [3.05, 3.63) is 91.1 Å². The molecule has 5 rings (SSSR count). The molecule has 0 bridgehead atoms. The fourth-order valence-corrected chi connectivity index (χ4v) is 4.40. The first-order valence-corrected chi connectivity index (χ1v) is 9.14. The van der Waals surface area contributed by atoms with E-state index in [1.165, 1.54) is 37.0 Å². The highest BCUT2D eigenvalue weighted by Crippen LogP contribution is 2.39. The molecule has 5 aromatic rings. The van der Waals surface area contributed by atoms with Crippen LogP contribution in [0, 0.1) is 0 Å². The van der Waals surface area contributed by atoms with Crippen molar-refractivity contribution in [3.8, 4) is 20.9 Å². The van der Waals surface area contributed by atoms with Crippen LogP contribution in [0.3, 0.4) is 0 Å². The average molecular weight is 337 g/mol. The van der Waals surface area contributed by atoms with Gasteiger partial charge in [0, 0.05) is 32.3 Å². The molecule has 2 heteroatoms. The van der Waals surface area contributed by atoms with E-state index in [9.17, 15) is 0 Å². The molecule has 25 heavy (non-hydrogen) atoms. The van der Waals surface area contributed by atoms with E-state index in [4.69, 9.17) is 0 Å². The Kier molecular flexibility index (Phi) is 3.36. The van der Waals surface area contributed by atoms with E-state index < -0.39 is 0 Å². The zero-order valence-electron chi connectivity index (χ0n) is 13.5. The van der Waals surface area contributed by atoms with E-state index in [0.29, 0.717) is 0 Å². The summed E-state index contributed by atoms with van der Waals surface area (Å²) in [6.45, 7) is 0. The third kappa shape index (κ3) is 2.43. The lowest BCUT2D eigenvalue weighted by atomic mass is 10.00. The number of nitrogens with zero attached hydrogens (tertiary/aromatic N) is 1. The number of rotatable bonds is 2. The number of fused-ring (bicyclic) bond motifs is 3. The molecule has 2 heterocycles. The number of hydrogen-bond acceptors (Lipinski definition) is 2. The van der Waals surface area contributed by atoms with Gasteiger partial charge in [0.2, 0.25) is 0 Å². The maximum absolute atomic E-state index is 4.67. The molecule has 0 aliphatic heterocycles. The van der Waals surface area contributed by atoms with Gasteiger partial charge in [-0.1, -0.05) is 66.7 Å². The molecule has 0 amide bonds. The van der Waals surface area contributed by atoms with Crippen LogP contribution in [-0.2, 0) is 0 Å². The van der Waals surface area contributed by atoms with Gasteiger partial charge >= 0.3 is 0 Å². The average Bonchev–Trinajstić information content (AvgIpc) is 3.18. The van der Waals surface area contributed by atoms with Crippen molar-refractivity contribution in [2.75, 3.05) is 0 Å². The molecule has 0 spiro atoms. The largest absolute Gasteiger partial charge is 0.256 e. The lowest BCUT2D eigenvalue weighted by Gasteiger charge is -2.08. The first kappa shape index (κ1) is 14.4. The second-order valence-corrected chi connectivity index (χ2v) is 7.16. The van der Waals surface area contributed by atoms with Crippen molar-refractivity contribution in [1.29, 1.82) is 0 Å². The molecule has 0 N–H and O–H groups in total. The van der Waals surface area contributed by atoms with Crippen LogP contribution in [0.5, 0.6) is 0 Å². The van der Waals surface area contributed by atoms with Gasteiger partial charge in [-0.05, 0) is 29.1 Å². The van der Waals surface area contributed by atoms with E-state index in [2.05, 4.69) is 83.8 Å². The van der Waals surface area contributed by atoms with Gasteiger partial charge in [-0.2, -0.15) is 0 Å². The van der Waals surface area contributed by atoms with Crippen molar-refractivity contribution in [2.24, 2.45) is 0 Å². The van der Waals surface area contributed by atoms with E-state index in [0.717, 1.165) is 5.52 Å². The van der Waals surface area contributed by atoms with Gasteiger partial charge in [-0.3, -0.25) is 4.98 Å². The minimum atomic E-state index is 1.07. The van der Waals surface area contributed by atoms with Gasteiger partial charge in [0.1, 0.15) is 0 Å². The zero-order valence-corrected chi connectivity index (χ0v) is 14.3. The summed E-state index contributed by atoms with van der Waals surface area (Å²) in [6.07, 6.45) is 1.88. The molecule has 3 aromatic carbocycles. The van der Waals surface area contributed by atoms with Crippen LogP contribution < -0.4 is 0 Å². The molecular formula is C23H15NS. The lowest BCUT2D eigenvalue weighted by Crippen LogP contribution is -1.84. The van der Waals surface area contributed by atoms with Gasteiger partial charge in [0.25, 0.3) is 0 Å². The van der Waals surface area contributed by atoms with Crippen molar-refractivity contribution in [1.82, 2.24) is 4.98 Å². The number of hydrogen-bond donors (Lipinski definition) is 0. The smallest absolute Gasteiger partial charge is 0.0786 e. The Morgan fingerprint density at radius 3 is 2.32 bits per heavy atom. The Bertz CT molecular complexity index is 1190. The van der Waals surface area contributed by atoms with Crippen LogP contribution >= 0.6 is 11.3 Å². The number of thiophene rings is 1. The molecule has 0 saturated carbocycles. The molecule has 118 valence electrons. The Morgan fingerprint density at radius 1 is 0.600 bits per heavy atom. The minimum absolute atomic E-state index is 1.07. The SMILES string of the molecule is c1ccc(-c2ccc(-c3cccc4ccc5cccnc5c34)s2)cc1. The summed E-state index contributed by atoms with van der Waals surface area (Å²) < 4.78 is 0. The summed E-state index contributed by atoms with van der Waals surface area (Å²) >= 11 is 1.83. The van der Waals surface area contributed by atoms with Gasteiger partial charge in [-0.25, -0.2) is 0 Å². The highest BCUT2D eigenvalue weighted by molar-refractivity contribution is 7.18. The normalized spacial score (nSPS) is 11.2. The molecule has 0 aliphatic carbocycles. The maximum atomic E-state index is 4.67. The maximum Gasteiger partial charge on any atom is 0.0786 e. The minimum Gasteiger partial charge on any atom is -0.256 e. The van der Waals surface area contributed by atoms with Crippen LogP contribution in [-0.4, -0.2) is 4.98 Å². The van der Waals surface area contributed by atoms with Gasteiger partial charge in [-0.15, -0.1) is 11.3 Å². The van der Waals surface area contributed by atoms with Crippen LogP contribution in [0.1, 0.15) is 0 Å². The van der Waals surface area contributed by atoms with Crippen LogP contribution in [0.25, 0.3) is 42.6 Å². The molecule has 2 aromatic heterocycles. The Morgan fingerprint density at radius 2 is 1.40 bits per heavy atom. The monoisotopic (exact) mass is 337 g/mol. The van der Waals surface area contributed by atoms with E-state index in [1.54, 1.807) is 0 Å². The Labute approximate surface area is 150 Å². The van der Waals surface area contributed by atoms with Gasteiger partial charge in [0.05, 0.1) is 5.52 Å². The predicted octanol–water partition coefficient (Wildman–Crippen LogP) is 6.78. The summed E-state index contributed by atoms with van der Waals surface area (Å²) in [5.74, 6) is 0. The second-order valence-electron chi connectivity index (χ2n) is 6.07. The Balaban J connectivity index is 1.76. The third-order valence-corrected chi connectivity index (χ3v) is 5.71. The molecule has 1 nitrogen and oxygen atoms in total. The molecular weight excluding hydrogens is 322 g/mol. The van der Waals surface area contributed by atoms with E-state index in [1.807, 2.05) is 23.6 Å². The second kappa shape index (κ2) is 5.83. The van der Waals surface area contributed by atoms with Gasteiger partial charge in [0.15, 0.2) is 0 Å². The van der Waals surface area contributed by atoms with Crippen molar-refractivity contribution in [2.45, 2.75) is 0 Å². The fourth-order valence-electron chi connectivity index (χ4n) is 3.36. The van der Waals surface area contributed by atoms with Crippen molar-refractivity contribution >= 4 is 33.0 Å². The molecule has 0 aliphatic rings. The van der Waals surface area contributed by atoms with Crippen LogP contribution in [0.15, 0.2) is 91.1 Å². The lowest BCUT2D eigenvalue weighted by molar-refractivity contribution is 1.43. The summed E-state index contributed by atoms with van der Waals surface area (Å²) in [6, 6.07) is 30.0. The molecule has 0 saturated heterocycles. The van der Waals surface area contributed by atoms with Crippen LogP contribution in [0.4, 0.5) is 0 Å². The number of aromatic nitrogens is 1. The first-order valence-electron chi connectivity index (χ1n) is 8.32. The Hall–Kier alpha value is -2.97. The first-order chi connectivity index (χ1) is 12.4. The summed E-state index contributed by atoms with van der Waals surface area (Å²) in [7, 11) is 0. The predicted molar refractivity (Wildman–Crippen MR) is 108 cm³/mol. The molecule has 0 atom stereocenters. The van der Waals surface area contributed by atoms with E-state index >= 15 is 0 Å². The summed E-state index contributed by atoms with van der Waals surface area (Å²) in [5.41, 5.74) is 3.60. The van der Waals surface area contributed by atoms with Crippen molar-refractivity contribution < 1.29 is 0 Å². The molecule has 0 fully saturated rings. The highest BCUT2D eigenvalue weighted by atomic mass is 32.1.